The smallest absolute Gasteiger partial charge is 0.320 e. The normalized spacial score (nSPS) is 12.7. The lowest BCUT2D eigenvalue weighted by Crippen LogP contribution is -2.35. The third-order valence-corrected chi connectivity index (χ3v) is 2.66. The highest BCUT2D eigenvalue weighted by molar-refractivity contribution is 5.95. The van der Waals surface area contributed by atoms with Gasteiger partial charge in [-0.1, -0.05) is 20.8 Å². The monoisotopic (exact) mass is 230 g/mol. The summed E-state index contributed by atoms with van der Waals surface area (Å²) in [4.78, 5) is 23.4. The molecule has 0 amide bonds. The Bertz CT molecular complexity index is 217. The number of hydrogen-bond acceptors (Lipinski definition) is 4. The first-order valence-electron chi connectivity index (χ1n) is 5.78. The summed E-state index contributed by atoms with van der Waals surface area (Å²) in [6, 6.07) is 0. The Kier molecular flexibility index (Phi) is 6.77. The Balaban J connectivity index is 4.75. The van der Waals surface area contributed by atoms with Crippen LogP contribution in [0, 0.1) is 17.8 Å². The van der Waals surface area contributed by atoms with E-state index >= 15 is 0 Å². The Morgan fingerprint density at radius 3 is 1.56 bits per heavy atom. The minimum Gasteiger partial charge on any atom is -0.465 e. The van der Waals surface area contributed by atoms with E-state index in [1.165, 1.54) is 0 Å². The van der Waals surface area contributed by atoms with E-state index in [1.54, 1.807) is 13.8 Å². The summed E-state index contributed by atoms with van der Waals surface area (Å²) in [6.45, 7) is 9.80. The van der Waals surface area contributed by atoms with Gasteiger partial charge in [0.15, 0.2) is 5.92 Å². The molecule has 0 saturated carbocycles. The van der Waals surface area contributed by atoms with Crippen LogP contribution in [0.2, 0.25) is 0 Å². The van der Waals surface area contributed by atoms with E-state index in [-0.39, 0.29) is 25.0 Å². The summed E-state index contributed by atoms with van der Waals surface area (Å²) in [5.74, 6) is -1.64. The van der Waals surface area contributed by atoms with Crippen molar-refractivity contribution in [2.24, 2.45) is 17.8 Å². The average Bonchev–Trinajstić information content (AvgIpc) is 2.18. The summed E-state index contributed by atoms with van der Waals surface area (Å²) < 4.78 is 9.81. The van der Waals surface area contributed by atoms with E-state index in [1.807, 2.05) is 20.8 Å². The molecule has 0 spiro atoms. The van der Waals surface area contributed by atoms with Gasteiger partial charge in [-0.05, 0) is 25.7 Å². The molecule has 0 aromatic rings. The van der Waals surface area contributed by atoms with Crippen molar-refractivity contribution in [1.82, 2.24) is 0 Å². The van der Waals surface area contributed by atoms with Gasteiger partial charge in [-0.15, -0.1) is 0 Å². The Labute approximate surface area is 97.3 Å². The molecular formula is C12H22O4. The van der Waals surface area contributed by atoms with Crippen molar-refractivity contribution in [3.05, 3.63) is 0 Å². The molecule has 16 heavy (non-hydrogen) atoms. The largest absolute Gasteiger partial charge is 0.465 e. The number of ether oxygens (including phenoxy) is 2. The molecule has 0 N–H and O–H groups in total. The molecule has 0 saturated heterocycles. The molecule has 0 aliphatic rings. The van der Waals surface area contributed by atoms with Crippen LogP contribution in [0.3, 0.4) is 0 Å². The zero-order chi connectivity index (χ0) is 12.7. The first-order valence-corrected chi connectivity index (χ1v) is 5.78. The van der Waals surface area contributed by atoms with E-state index in [4.69, 9.17) is 9.47 Å². The molecule has 0 aromatic carbocycles. The molecule has 0 fully saturated rings. The molecule has 0 aliphatic heterocycles. The lowest BCUT2D eigenvalue weighted by molar-refractivity contribution is -0.165. The van der Waals surface area contributed by atoms with Crippen LogP contribution in [0.25, 0.3) is 0 Å². The molecular weight excluding hydrogens is 208 g/mol. The van der Waals surface area contributed by atoms with Crippen molar-refractivity contribution >= 4 is 11.9 Å². The number of carbonyl (C=O) groups is 2. The van der Waals surface area contributed by atoms with E-state index in [9.17, 15) is 9.59 Å². The first-order chi connectivity index (χ1) is 7.45. The molecule has 0 radical (unpaired) electrons. The van der Waals surface area contributed by atoms with Crippen LogP contribution in [0.15, 0.2) is 0 Å². The van der Waals surface area contributed by atoms with Gasteiger partial charge in [0, 0.05) is 0 Å². The number of rotatable bonds is 6. The molecule has 0 aromatic heterocycles. The van der Waals surface area contributed by atoms with Crippen LogP contribution in [0.5, 0.6) is 0 Å². The zero-order valence-electron chi connectivity index (χ0n) is 10.8. The van der Waals surface area contributed by atoms with Gasteiger partial charge in [0.25, 0.3) is 0 Å². The molecule has 4 nitrogen and oxygen atoms in total. The van der Waals surface area contributed by atoms with E-state index in [0.717, 1.165) is 0 Å². The Morgan fingerprint density at radius 1 is 0.938 bits per heavy atom. The van der Waals surface area contributed by atoms with Gasteiger partial charge in [0.1, 0.15) is 0 Å². The van der Waals surface area contributed by atoms with Crippen LogP contribution in [0.4, 0.5) is 0 Å². The second-order valence-corrected chi connectivity index (χ2v) is 4.08. The fourth-order valence-electron chi connectivity index (χ4n) is 1.37. The van der Waals surface area contributed by atoms with Crippen molar-refractivity contribution in [2.45, 2.75) is 34.6 Å². The van der Waals surface area contributed by atoms with Gasteiger partial charge in [-0.25, -0.2) is 0 Å². The van der Waals surface area contributed by atoms with Crippen LogP contribution in [-0.2, 0) is 19.1 Å². The fraction of sp³-hybridized carbons (Fsp3) is 0.833. The molecule has 1 atom stereocenters. The summed E-state index contributed by atoms with van der Waals surface area (Å²) in [7, 11) is 0. The fourth-order valence-corrected chi connectivity index (χ4v) is 1.37. The minimum atomic E-state index is -0.806. The maximum atomic E-state index is 11.7. The molecule has 0 rings (SSSR count). The lowest BCUT2D eigenvalue weighted by atomic mass is 9.85. The zero-order valence-corrected chi connectivity index (χ0v) is 10.8. The number of carbonyl (C=O) groups excluding carboxylic acids is 2. The minimum absolute atomic E-state index is 0.0851. The topological polar surface area (TPSA) is 52.6 Å². The highest BCUT2D eigenvalue weighted by Gasteiger charge is 2.36. The maximum Gasteiger partial charge on any atom is 0.320 e. The van der Waals surface area contributed by atoms with Crippen LogP contribution in [0.1, 0.15) is 34.6 Å². The highest BCUT2D eigenvalue weighted by Crippen LogP contribution is 2.23. The lowest BCUT2D eigenvalue weighted by Gasteiger charge is -2.23. The molecule has 1 unspecified atom stereocenters. The van der Waals surface area contributed by atoms with Gasteiger partial charge in [-0.2, -0.15) is 0 Å². The molecule has 4 heteroatoms. The number of hydrogen-bond donors (Lipinski definition) is 0. The van der Waals surface area contributed by atoms with Crippen LogP contribution in [-0.4, -0.2) is 25.2 Å². The Morgan fingerprint density at radius 2 is 1.31 bits per heavy atom. The first kappa shape index (κ1) is 14.9. The predicted molar refractivity (Wildman–Crippen MR) is 60.8 cm³/mol. The van der Waals surface area contributed by atoms with Crippen molar-refractivity contribution in [2.75, 3.05) is 13.2 Å². The van der Waals surface area contributed by atoms with E-state index < -0.39 is 17.9 Å². The highest BCUT2D eigenvalue weighted by atomic mass is 16.6. The van der Waals surface area contributed by atoms with Crippen molar-refractivity contribution < 1.29 is 19.1 Å². The van der Waals surface area contributed by atoms with E-state index in [2.05, 4.69) is 0 Å². The average molecular weight is 230 g/mol. The summed E-state index contributed by atoms with van der Waals surface area (Å²) in [5.41, 5.74) is 0. The van der Waals surface area contributed by atoms with Crippen LogP contribution < -0.4 is 0 Å². The Hall–Kier alpha value is -1.06. The summed E-state index contributed by atoms with van der Waals surface area (Å²) in [5, 5.41) is 0. The van der Waals surface area contributed by atoms with Gasteiger partial charge in [-0.3, -0.25) is 9.59 Å². The summed E-state index contributed by atoms with van der Waals surface area (Å²) >= 11 is 0. The second-order valence-electron chi connectivity index (χ2n) is 4.08. The van der Waals surface area contributed by atoms with Crippen molar-refractivity contribution in [3.8, 4) is 0 Å². The predicted octanol–water partition coefficient (Wildman–Crippen LogP) is 2.02. The van der Waals surface area contributed by atoms with Crippen molar-refractivity contribution in [1.29, 1.82) is 0 Å². The standard InChI is InChI=1S/C12H22O4/c1-6-15-11(13)10(9(5)8(3)4)12(14)16-7-2/h8-10H,6-7H2,1-5H3. The van der Waals surface area contributed by atoms with Gasteiger partial charge < -0.3 is 9.47 Å². The summed E-state index contributed by atoms with van der Waals surface area (Å²) in [6.07, 6.45) is 0. The quantitative estimate of drug-likeness (QED) is 0.517. The van der Waals surface area contributed by atoms with E-state index in [0.29, 0.717) is 0 Å². The molecule has 0 aliphatic carbocycles. The third-order valence-electron chi connectivity index (χ3n) is 2.66. The third kappa shape index (κ3) is 4.21. The molecule has 94 valence electrons. The van der Waals surface area contributed by atoms with Gasteiger partial charge >= 0.3 is 11.9 Å². The SMILES string of the molecule is CCOC(=O)C(C(=O)OCC)C(C)C(C)C. The second kappa shape index (κ2) is 7.25. The number of esters is 2. The van der Waals surface area contributed by atoms with Crippen LogP contribution >= 0.6 is 0 Å². The maximum absolute atomic E-state index is 11.7. The molecule has 0 bridgehead atoms. The van der Waals surface area contributed by atoms with Gasteiger partial charge in [0.05, 0.1) is 13.2 Å². The van der Waals surface area contributed by atoms with Gasteiger partial charge in [0.2, 0.25) is 0 Å². The van der Waals surface area contributed by atoms with Crippen molar-refractivity contribution in [3.63, 3.8) is 0 Å². The molecule has 0 heterocycles.